The fourth-order valence-corrected chi connectivity index (χ4v) is 7.52. The second kappa shape index (κ2) is 41.0. The van der Waals surface area contributed by atoms with Crippen LogP contribution in [0.1, 0.15) is 219 Å². The molecule has 0 aliphatic carbocycles. The first-order valence-corrected chi connectivity index (χ1v) is 24.4. The van der Waals surface area contributed by atoms with E-state index in [-0.39, 0.29) is 19.2 Å². The monoisotopic (exact) mass is 825 g/mol. The minimum atomic E-state index is -1.53. The van der Waals surface area contributed by atoms with Crippen molar-refractivity contribution in [2.24, 2.45) is 0 Å². The normalized spacial score (nSPS) is 20.4. The number of aliphatic hydroxyl groups is 4. The van der Waals surface area contributed by atoms with Crippen LogP contribution < -0.4 is 0 Å². The van der Waals surface area contributed by atoms with Crippen LogP contribution in [0.5, 0.6) is 0 Å². The highest BCUT2D eigenvalue weighted by Crippen LogP contribution is 2.23. The Hall–Kier alpha value is -1.33. The number of carbonyl (C=O) groups excluding carboxylic acids is 1. The molecule has 4 N–H and O–H groups in total. The summed E-state index contributed by atoms with van der Waals surface area (Å²) in [5.41, 5.74) is 0. The molecule has 9 heteroatoms. The standard InChI is InChI=1S/C49H92O9/c1-3-5-7-9-11-13-15-17-18-19-20-21-22-23-24-25-27-29-31-33-35-37-39-55-41-43(42-56-49-48(54)47(53)46(52)44(40-50)58-49)57-45(51)38-36-34-32-30-28-26-16-14-12-10-8-6-4-2/h15,17,19-20,43-44,46-50,52-54H,3-14,16,18,21-42H2,1-2H3/b17-15-,20-19-. The lowest BCUT2D eigenvalue weighted by Crippen LogP contribution is -2.59. The molecule has 0 aromatic rings. The molecule has 1 aliphatic heterocycles. The molecular formula is C49H92O9. The molecule has 0 amide bonds. The first kappa shape index (κ1) is 54.7. The number of hydrogen-bond donors (Lipinski definition) is 4. The van der Waals surface area contributed by atoms with Crippen molar-refractivity contribution in [1.82, 2.24) is 0 Å². The number of unbranched alkanes of at least 4 members (excludes halogenated alkanes) is 27. The van der Waals surface area contributed by atoms with Crippen LogP contribution in [0.4, 0.5) is 0 Å². The molecule has 0 saturated carbocycles. The van der Waals surface area contributed by atoms with Gasteiger partial charge >= 0.3 is 5.97 Å². The molecular weight excluding hydrogens is 733 g/mol. The minimum Gasteiger partial charge on any atom is -0.457 e. The Morgan fingerprint density at radius 2 is 1.00 bits per heavy atom. The second-order valence-electron chi connectivity index (χ2n) is 16.9. The quantitative estimate of drug-likeness (QED) is 0.0269. The van der Waals surface area contributed by atoms with Crippen molar-refractivity contribution in [3.63, 3.8) is 0 Å². The van der Waals surface area contributed by atoms with E-state index in [1.54, 1.807) is 0 Å². The summed E-state index contributed by atoms with van der Waals surface area (Å²) in [6.45, 7) is 4.57. The van der Waals surface area contributed by atoms with Crippen molar-refractivity contribution in [3.05, 3.63) is 24.3 Å². The van der Waals surface area contributed by atoms with Gasteiger partial charge in [0.15, 0.2) is 6.29 Å². The topological polar surface area (TPSA) is 135 Å². The maximum absolute atomic E-state index is 12.8. The molecule has 1 heterocycles. The molecule has 0 aromatic carbocycles. The van der Waals surface area contributed by atoms with Crippen molar-refractivity contribution >= 4 is 5.97 Å². The Labute approximate surface area is 356 Å². The number of aliphatic hydroxyl groups excluding tert-OH is 4. The number of esters is 1. The Morgan fingerprint density at radius 1 is 0.552 bits per heavy atom. The van der Waals surface area contributed by atoms with E-state index < -0.39 is 43.4 Å². The Bertz CT molecular complexity index is 941. The van der Waals surface area contributed by atoms with Gasteiger partial charge in [-0.2, -0.15) is 0 Å². The van der Waals surface area contributed by atoms with E-state index in [4.69, 9.17) is 18.9 Å². The molecule has 1 aliphatic rings. The number of ether oxygens (including phenoxy) is 4. The van der Waals surface area contributed by atoms with Gasteiger partial charge in [-0.25, -0.2) is 0 Å². The van der Waals surface area contributed by atoms with Gasteiger partial charge in [-0.05, 0) is 44.9 Å². The van der Waals surface area contributed by atoms with Crippen LogP contribution in [0.15, 0.2) is 24.3 Å². The lowest BCUT2D eigenvalue weighted by atomic mass is 9.99. The lowest BCUT2D eigenvalue weighted by Gasteiger charge is -2.39. The summed E-state index contributed by atoms with van der Waals surface area (Å²) in [5, 5.41) is 40.1. The fraction of sp³-hybridized carbons (Fsp3) is 0.898. The third-order valence-corrected chi connectivity index (χ3v) is 11.4. The van der Waals surface area contributed by atoms with Crippen LogP contribution in [0.2, 0.25) is 0 Å². The molecule has 1 saturated heterocycles. The van der Waals surface area contributed by atoms with E-state index >= 15 is 0 Å². The van der Waals surface area contributed by atoms with Crippen molar-refractivity contribution in [2.75, 3.05) is 26.4 Å². The van der Waals surface area contributed by atoms with E-state index in [9.17, 15) is 25.2 Å². The first-order chi connectivity index (χ1) is 28.4. The van der Waals surface area contributed by atoms with E-state index in [0.717, 1.165) is 38.5 Å². The highest BCUT2D eigenvalue weighted by Gasteiger charge is 2.44. The van der Waals surface area contributed by atoms with Gasteiger partial charge in [0.2, 0.25) is 0 Å². The van der Waals surface area contributed by atoms with Crippen LogP contribution in [0, 0.1) is 0 Å². The zero-order valence-corrected chi connectivity index (χ0v) is 37.6. The van der Waals surface area contributed by atoms with Crippen LogP contribution >= 0.6 is 0 Å². The highest BCUT2D eigenvalue weighted by atomic mass is 16.7. The van der Waals surface area contributed by atoms with E-state index in [1.165, 1.54) is 161 Å². The molecule has 0 aromatic heterocycles. The van der Waals surface area contributed by atoms with Crippen molar-refractivity contribution in [2.45, 2.75) is 256 Å². The average Bonchev–Trinajstić information content (AvgIpc) is 3.22. The summed E-state index contributed by atoms with van der Waals surface area (Å²) in [7, 11) is 0. The van der Waals surface area contributed by atoms with Gasteiger partial charge in [0.05, 0.1) is 19.8 Å². The number of hydrogen-bond acceptors (Lipinski definition) is 9. The van der Waals surface area contributed by atoms with E-state index in [1.807, 2.05) is 0 Å². The summed E-state index contributed by atoms with van der Waals surface area (Å²) in [4.78, 5) is 12.8. The number of carbonyl (C=O) groups is 1. The maximum atomic E-state index is 12.8. The Balaban J connectivity index is 2.20. The second-order valence-corrected chi connectivity index (χ2v) is 16.9. The number of allylic oxidation sites excluding steroid dienone is 4. The highest BCUT2D eigenvalue weighted by molar-refractivity contribution is 5.69. The van der Waals surface area contributed by atoms with Gasteiger partial charge in [-0.1, -0.05) is 192 Å². The maximum Gasteiger partial charge on any atom is 0.306 e. The van der Waals surface area contributed by atoms with Gasteiger partial charge in [0, 0.05) is 13.0 Å². The number of rotatable bonds is 42. The van der Waals surface area contributed by atoms with Crippen molar-refractivity contribution < 1.29 is 44.2 Å². The molecule has 0 bridgehead atoms. The molecule has 0 radical (unpaired) electrons. The predicted octanol–water partition coefficient (Wildman–Crippen LogP) is 11.4. The summed E-state index contributed by atoms with van der Waals surface area (Å²) in [6.07, 6.45) is 40.6. The van der Waals surface area contributed by atoms with Gasteiger partial charge < -0.3 is 39.4 Å². The third kappa shape index (κ3) is 31.5. The zero-order chi connectivity index (χ0) is 42.2. The molecule has 9 nitrogen and oxygen atoms in total. The van der Waals surface area contributed by atoms with Crippen molar-refractivity contribution in [3.8, 4) is 0 Å². The van der Waals surface area contributed by atoms with Gasteiger partial charge in [-0.3, -0.25) is 4.79 Å². The summed E-state index contributed by atoms with van der Waals surface area (Å²) in [5.74, 6) is -0.312. The molecule has 1 rings (SSSR count). The molecule has 342 valence electrons. The summed E-state index contributed by atoms with van der Waals surface area (Å²) >= 11 is 0. The first-order valence-electron chi connectivity index (χ1n) is 24.4. The van der Waals surface area contributed by atoms with E-state index in [2.05, 4.69) is 38.2 Å². The average molecular weight is 825 g/mol. The molecule has 1 fully saturated rings. The molecule has 0 spiro atoms. The van der Waals surface area contributed by atoms with E-state index in [0.29, 0.717) is 13.0 Å². The SMILES string of the molecule is CCCCCCC/C=C\C/C=C\CCCCCCCCCCCCOCC(COC1OC(CO)C(O)C(O)C1O)OC(=O)CCCCCCCCCCCCCCC. The fourth-order valence-electron chi connectivity index (χ4n) is 7.52. The van der Waals surface area contributed by atoms with Crippen LogP contribution in [-0.4, -0.2) is 89.6 Å². The summed E-state index contributed by atoms with van der Waals surface area (Å²) < 4.78 is 22.9. The van der Waals surface area contributed by atoms with Crippen LogP contribution in [-0.2, 0) is 23.7 Å². The molecule has 6 atom stereocenters. The van der Waals surface area contributed by atoms with Crippen LogP contribution in [0.25, 0.3) is 0 Å². The minimum absolute atomic E-state index is 0.110. The Kier molecular flexibility index (Phi) is 38.7. The zero-order valence-electron chi connectivity index (χ0n) is 37.6. The van der Waals surface area contributed by atoms with Crippen LogP contribution in [0.3, 0.4) is 0 Å². The molecule has 58 heavy (non-hydrogen) atoms. The van der Waals surface area contributed by atoms with Crippen molar-refractivity contribution in [1.29, 1.82) is 0 Å². The largest absolute Gasteiger partial charge is 0.457 e. The Morgan fingerprint density at radius 3 is 1.48 bits per heavy atom. The predicted molar refractivity (Wildman–Crippen MR) is 238 cm³/mol. The lowest BCUT2D eigenvalue weighted by molar-refractivity contribution is -0.305. The van der Waals surface area contributed by atoms with Gasteiger partial charge in [0.25, 0.3) is 0 Å². The molecule has 6 unspecified atom stereocenters. The van der Waals surface area contributed by atoms with Gasteiger partial charge in [0.1, 0.15) is 30.5 Å². The third-order valence-electron chi connectivity index (χ3n) is 11.4. The summed E-state index contributed by atoms with van der Waals surface area (Å²) in [6, 6.07) is 0. The van der Waals surface area contributed by atoms with Gasteiger partial charge in [-0.15, -0.1) is 0 Å². The smallest absolute Gasteiger partial charge is 0.306 e.